The largest absolute Gasteiger partial charge is 0.489 e. The van der Waals surface area contributed by atoms with Gasteiger partial charge in [0.25, 0.3) is 0 Å². The van der Waals surface area contributed by atoms with E-state index in [1.54, 1.807) is 6.07 Å². The van der Waals surface area contributed by atoms with Crippen molar-refractivity contribution >= 4 is 0 Å². The van der Waals surface area contributed by atoms with Crippen LogP contribution in [-0.4, -0.2) is 13.2 Å². The molecular formula is C16H24FNO. The van der Waals surface area contributed by atoms with Crippen LogP contribution in [0.2, 0.25) is 0 Å². The van der Waals surface area contributed by atoms with Gasteiger partial charge in [-0.15, -0.1) is 0 Å². The number of hydrogen-bond acceptors (Lipinski definition) is 2. The molecule has 106 valence electrons. The number of hydrogen-bond donors (Lipinski definition) is 1. The van der Waals surface area contributed by atoms with Crippen LogP contribution < -0.4 is 10.1 Å². The van der Waals surface area contributed by atoms with E-state index in [9.17, 15) is 4.39 Å². The third-order valence-electron chi connectivity index (χ3n) is 3.07. The maximum Gasteiger partial charge on any atom is 0.127 e. The van der Waals surface area contributed by atoms with E-state index >= 15 is 0 Å². The van der Waals surface area contributed by atoms with Crippen molar-refractivity contribution in [3.63, 3.8) is 0 Å². The van der Waals surface area contributed by atoms with Crippen LogP contribution >= 0.6 is 0 Å². The fraction of sp³-hybridized carbons (Fsp3) is 0.500. The third kappa shape index (κ3) is 5.03. The lowest BCUT2D eigenvalue weighted by molar-refractivity contribution is 0.338. The highest BCUT2D eigenvalue weighted by Gasteiger charge is 2.12. The molecule has 19 heavy (non-hydrogen) atoms. The highest BCUT2D eigenvalue weighted by Crippen LogP contribution is 2.26. The van der Waals surface area contributed by atoms with Crippen molar-refractivity contribution in [2.24, 2.45) is 0 Å². The topological polar surface area (TPSA) is 21.3 Å². The molecule has 3 heteroatoms. The van der Waals surface area contributed by atoms with Crippen molar-refractivity contribution in [1.29, 1.82) is 0 Å². The molecule has 0 fully saturated rings. The molecule has 1 aromatic carbocycles. The van der Waals surface area contributed by atoms with Gasteiger partial charge in [-0.3, -0.25) is 0 Å². The molecule has 1 rings (SSSR count). The standard InChI is InChI=1S/C16H24FNO/c1-5-9-18-13(4)15-8-7-14(17)10-16(15)19-11-12(3)6-2/h7-8,10,13,18H,3,5-6,9,11H2,1-2,4H3. The number of ether oxygens (including phenoxy) is 1. The Hall–Kier alpha value is -1.35. The van der Waals surface area contributed by atoms with Gasteiger partial charge in [0, 0.05) is 17.7 Å². The van der Waals surface area contributed by atoms with E-state index in [0.29, 0.717) is 12.4 Å². The molecule has 0 aliphatic rings. The van der Waals surface area contributed by atoms with Crippen molar-refractivity contribution in [3.05, 3.63) is 41.7 Å². The molecule has 0 bridgehead atoms. The molecule has 0 heterocycles. The predicted molar refractivity (Wildman–Crippen MR) is 78.0 cm³/mol. The van der Waals surface area contributed by atoms with E-state index in [4.69, 9.17) is 4.74 Å². The maximum absolute atomic E-state index is 13.3. The van der Waals surface area contributed by atoms with Gasteiger partial charge in [-0.1, -0.05) is 26.5 Å². The Morgan fingerprint density at radius 1 is 1.42 bits per heavy atom. The molecule has 1 aromatic rings. The predicted octanol–water partition coefficient (Wildman–Crippen LogP) is 4.23. The van der Waals surface area contributed by atoms with Crippen molar-refractivity contribution in [2.75, 3.05) is 13.2 Å². The lowest BCUT2D eigenvalue weighted by Gasteiger charge is -2.18. The fourth-order valence-corrected chi connectivity index (χ4v) is 1.74. The van der Waals surface area contributed by atoms with Gasteiger partial charge < -0.3 is 10.1 Å². The van der Waals surface area contributed by atoms with Gasteiger partial charge in [0.2, 0.25) is 0 Å². The summed E-state index contributed by atoms with van der Waals surface area (Å²) in [6.07, 6.45) is 1.93. The van der Waals surface area contributed by atoms with Crippen molar-refractivity contribution in [3.8, 4) is 5.75 Å². The first-order chi connectivity index (χ1) is 9.08. The third-order valence-corrected chi connectivity index (χ3v) is 3.07. The summed E-state index contributed by atoms with van der Waals surface area (Å²) in [6, 6.07) is 4.85. The molecule has 0 amide bonds. The number of benzene rings is 1. The zero-order valence-electron chi connectivity index (χ0n) is 12.1. The Kier molecular flexibility index (Phi) is 6.57. The van der Waals surface area contributed by atoms with E-state index in [1.165, 1.54) is 12.1 Å². The molecule has 0 saturated carbocycles. The summed E-state index contributed by atoms with van der Waals surface area (Å²) in [5.74, 6) is 0.328. The summed E-state index contributed by atoms with van der Waals surface area (Å²) < 4.78 is 19.0. The van der Waals surface area contributed by atoms with Gasteiger partial charge in [-0.25, -0.2) is 4.39 Å². The Morgan fingerprint density at radius 2 is 2.16 bits per heavy atom. The summed E-state index contributed by atoms with van der Waals surface area (Å²) in [6.45, 7) is 11.5. The van der Waals surface area contributed by atoms with Crippen LogP contribution in [0.25, 0.3) is 0 Å². The Labute approximate surface area is 115 Å². The minimum atomic E-state index is -0.274. The average molecular weight is 265 g/mol. The van der Waals surface area contributed by atoms with E-state index in [2.05, 4.69) is 25.7 Å². The van der Waals surface area contributed by atoms with Crippen LogP contribution in [0.3, 0.4) is 0 Å². The average Bonchev–Trinajstić information content (AvgIpc) is 2.42. The molecule has 1 unspecified atom stereocenters. The fourth-order valence-electron chi connectivity index (χ4n) is 1.74. The minimum absolute atomic E-state index is 0.144. The number of halogens is 1. The summed E-state index contributed by atoms with van der Waals surface area (Å²) in [5.41, 5.74) is 1.99. The monoisotopic (exact) mass is 265 g/mol. The van der Waals surface area contributed by atoms with E-state index in [1.807, 2.05) is 6.92 Å². The first-order valence-electron chi connectivity index (χ1n) is 6.90. The van der Waals surface area contributed by atoms with Gasteiger partial charge in [-0.2, -0.15) is 0 Å². The van der Waals surface area contributed by atoms with E-state index < -0.39 is 0 Å². The van der Waals surface area contributed by atoms with Crippen LogP contribution in [0.15, 0.2) is 30.4 Å². The second-order valence-electron chi connectivity index (χ2n) is 4.75. The minimum Gasteiger partial charge on any atom is -0.489 e. The van der Waals surface area contributed by atoms with Crippen molar-refractivity contribution in [1.82, 2.24) is 5.32 Å². The molecule has 0 saturated heterocycles. The number of rotatable bonds is 8. The Balaban J connectivity index is 2.81. The van der Waals surface area contributed by atoms with E-state index in [0.717, 1.165) is 30.5 Å². The maximum atomic E-state index is 13.3. The normalized spacial score (nSPS) is 12.2. The molecule has 1 N–H and O–H groups in total. The molecule has 0 spiro atoms. The molecule has 2 nitrogen and oxygen atoms in total. The van der Waals surface area contributed by atoms with Crippen LogP contribution in [-0.2, 0) is 0 Å². The molecule has 0 aromatic heterocycles. The van der Waals surface area contributed by atoms with Crippen LogP contribution in [0.4, 0.5) is 4.39 Å². The van der Waals surface area contributed by atoms with Gasteiger partial charge in [0.15, 0.2) is 0 Å². The summed E-state index contributed by atoms with van der Waals surface area (Å²) in [5, 5.41) is 3.39. The van der Waals surface area contributed by atoms with Gasteiger partial charge in [-0.05, 0) is 37.9 Å². The highest BCUT2D eigenvalue weighted by molar-refractivity contribution is 5.36. The first kappa shape index (κ1) is 15.7. The summed E-state index contributed by atoms with van der Waals surface area (Å²) in [7, 11) is 0. The molecule has 0 radical (unpaired) electrons. The zero-order valence-corrected chi connectivity index (χ0v) is 12.1. The Morgan fingerprint density at radius 3 is 2.79 bits per heavy atom. The van der Waals surface area contributed by atoms with Gasteiger partial charge >= 0.3 is 0 Å². The molecular weight excluding hydrogens is 241 g/mol. The van der Waals surface area contributed by atoms with Gasteiger partial charge in [0.1, 0.15) is 18.2 Å². The van der Waals surface area contributed by atoms with Crippen LogP contribution in [0.1, 0.15) is 45.2 Å². The summed E-state index contributed by atoms with van der Waals surface area (Å²) >= 11 is 0. The molecule has 1 atom stereocenters. The molecule has 0 aliphatic carbocycles. The van der Waals surface area contributed by atoms with Crippen LogP contribution in [0, 0.1) is 5.82 Å². The first-order valence-corrected chi connectivity index (χ1v) is 6.90. The quantitative estimate of drug-likeness (QED) is 0.710. The second kappa shape index (κ2) is 7.95. The zero-order chi connectivity index (χ0) is 14.3. The van der Waals surface area contributed by atoms with Crippen LogP contribution in [0.5, 0.6) is 5.75 Å². The van der Waals surface area contributed by atoms with Gasteiger partial charge in [0.05, 0.1) is 0 Å². The van der Waals surface area contributed by atoms with E-state index in [-0.39, 0.29) is 11.9 Å². The second-order valence-corrected chi connectivity index (χ2v) is 4.75. The lowest BCUT2D eigenvalue weighted by atomic mass is 10.1. The smallest absolute Gasteiger partial charge is 0.127 e. The van der Waals surface area contributed by atoms with Crippen molar-refractivity contribution < 1.29 is 9.13 Å². The Bertz CT molecular complexity index is 417. The lowest BCUT2D eigenvalue weighted by Crippen LogP contribution is -2.20. The SMILES string of the molecule is C=C(CC)COc1cc(F)ccc1C(C)NCCC. The molecule has 0 aliphatic heterocycles. The highest BCUT2D eigenvalue weighted by atomic mass is 19.1. The number of nitrogens with one attached hydrogen (secondary N) is 1. The van der Waals surface area contributed by atoms with Crippen molar-refractivity contribution in [2.45, 2.75) is 39.7 Å². The summed E-state index contributed by atoms with van der Waals surface area (Å²) in [4.78, 5) is 0.